The SMILES string of the molecule is Br.CC1(C)N=C(N)N=C(N)N1OCCCOc1ccc(Cl)c2ccccc12. The molecule has 0 amide bonds. The number of hydrogen-bond donors (Lipinski definition) is 2. The number of hydroxylamine groups is 2. The molecule has 0 radical (unpaired) electrons. The van der Waals surface area contributed by atoms with Crippen LogP contribution in [0.1, 0.15) is 20.3 Å². The summed E-state index contributed by atoms with van der Waals surface area (Å²) in [6, 6.07) is 11.6. The molecule has 0 aliphatic carbocycles. The molecule has 1 aliphatic rings. The van der Waals surface area contributed by atoms with Gasteiger partial charge in [0.15, 0.2) is 5.66 Å². The van der Waals surface area contributed by atoms with E-state index in [-0.39, 0.29) is 28.9 Å². The molecule has 2 aromatic rings. The van der Waals surface area contributed by atoms with E-state index in [1.54, 1.807) is 0 Å². The van der Waals surface area contributed by atoms with Crippen molar-refractivity contribution in [3.8, 4) is 5.75 Å². The predicted octanol–water partition coefficient (Wildman–Crippen LogP) is 3.45. The van der Waals surface area contributed by atoms with E-state index in [0.717, 1.165) is 16.5 Å². The Morgan fingerprint density at radius 3 is 2.48 bits per heavy atom. The Hall–Kier alpha value is -2.03. The van der Waals surface area contributed by atoms with E-state index in [0.29, 0.717) is 24.7 Å². The van der Waals surface area contributed by atoms with Crippen molar-refractivity contribution in [2.75, 3.05) is 13.2 Å². The molecule has 146 valence electrons. The summed E-state index contributed by atoms with van der Waals surface area (Å²) in [7, 11) is 0. The van der Waals surface area contributed by atoms with Gasteiger partial charge >= 0.3 is 0 Å². The van der Waals surface area contributed by atoms with E-state index in [1.165, 1.54) is 5.06 Å². The summed E-state index contributed by atoms with van der Waals surface area (Å²) in [5.74, 6) is 1.12. The number of aliphatic imine (C=N–C) groups is 2. The molecule has 27 heavy (non-hydrogen) atoms. The highest BCUT2D eigenvalue weighted by molar-refractivity contribution is 8.93. The number of rotatable bonds is 6. The number of hydrogen-bond acceptors (Lipinski definition) is 7. The lowest BCUT2D eigenvalue weighted by Gasteiger charge is -2.36. The summed E-state index contributed by atoms with van der Waals surface area (Å²) >= 11 is 6.23. The van der Waals surface area contributed by atoms with E-state index in [4.69, 9.17) is 32.6 Å². The van der Waals surface area contributed by atoms with Gasteiger partial charge in [-0.05, 0) is 26.0 Å². The topological polar surface area (TPSA) is 98.5 Å². The standard InChI is InChI=1S/C18H22ClN5O2.BrH/c1-18(2)23-16(20)22-17(21)24(18)26-11-5-10-25-15-9-8-14(19)12-6-3-4-7-13(12)15;/h3-4,6-9H,5,10-11H2,1-2H3,(H4,20,21,22,23);1H. The fourth-order valence-corrected chi connectivity index (χ4v) is 3.00. The number of nitrogens with zero attached hydrogens (tertiary/aromatic N) is 3. The Morgan fingerprint density at radius 2 is 1.78 bits per heavy atom. The predicted molar refractivity (Wildman–Crippen MR) is 115 cm³/mol. The van der Waals surface area contributed by atoms with Gasteiger partial charge in [0, 0.05) is 22.2 Å². The van der Waals surface area contributed by atoms with Crippen molar-refractivity contribution in [3.05, 3.63) is 41.4 Å². The highest BCUT2D eigenvalue weighted by Gasteiger charge is 2.32. The zero-order valence-corrected chi connectivity index (χ0v) is 17.7. The molecule has 2 aromatic carbocycles. The molecular weight excluding hydrogens is 434 g/mol. The van der Waals surface area contributed by atoms with Crippen LogP contribution in [0.3, 0.4) is 0 Å². The first-order valence-corrected chi connectivity index (χ1v) is 8.69. The first-order chi connectivity index (χ1) is 12.4. The van der Waals surface area contributed by atoms with Gasteiger partial charge < -0.3 is 16.2 Å². The highest BCUT2D eigenvalue weighted by atomic mass is 79.9. The van der Waals surface area contributed by atoms with Gasteiger partial charge in [-0.3, -0.25) is 4.84 Å². The Morgan fingerprint density at radius 1 is 1.07 bits per heavy atom. The van der Waals surface area contributed by atoms with E-state index in [2.05, 4.69) is 9.98 Å². The minimum atomic E-state index is -0.705. The number of nitrogens with two attached hydrogens (primary N) is 2. The molecule has 0 atom stereocenters. The summed E-state index contributed by atoms with van der Waals surface area (Å²) in [5, 5.41) is 4.12. The van der Waals surface area contributed by atoms with Crippen LogP contribution in [0.25, 0.3) is 10.8 Å². The Bertz CT molecular complexity index is 872. The Balaban J connectivity index is 0.00000261. The van der Waals surface area contributed by atoms with Crippen LogP contribution < -0.4 is 16.2 Å². The maximum Gasteiger partial charge on any atom is 0.226 e. The van der Waals surface area contributed by atoms with Gasteiger partial charge in [-0.25, -0.2) is 4.99 Å². The molecule has 7 nitrogen and oxygen atoms in total. The largest absolute Gasteiger partial charge is 0.493 e. The van der Waals surface area contributed by atoms with Gasteiger partial charge in [-0.15, -0.1) is 17.0 Å². The second kappa shape index (κ2) is 8.77. The van der Waals surface area contributed by atoms with Crippen LogP contribution in [0.15, 0.2) is 46.4 Å². The second-order valence-corrected chi connectivity index (χ2v) is 6.76. The minimum absolute atomic E-state index is 0. The highest BCUT2D eigenvalue weighted by Crippen LogP contribution is 2.31. The molecule has 9 heteroatoms. The number of benzene rings is 2. The number of halogens is 2. The minimum Gasteiger partial charge on any atom is -0.493 e. The van der Waals surface area contributed by atoms with E-state index in [9.17, 15) is 0 Å². The normalized spacial score (nSPS) is 15.7. The van der Waals surface area contributed by atoms with Crippen LogP contribution in [0.5, 0.6) is 5.75 Å². The second-order valence-electron chi connectivity index (χ2n) is 6.36. The van der Waals surface area contributed by atoms with Gasteiger partial charge in [-0.1, -0.05) is 35.9 Å². The summed E-state index contributed by atoms with van der Waals surface area (Å²) in [6.45, 7) is 4.58. The molecule has 0 aromatic heterocycles. The summed E-state index contributed by atoms with van der Waals surface area (Å²) < 4.78 is 5.89. The molecule has 1 aliphatic heterocycles. The van der Waals surface area contributed by atoms with Crippen LogP contribution in [0.4, 0.5) is 0 Å². The lowest BCUT2D eigenvalue weighted by molar-refractivity contribution is -0.158. The van der Waals surface area contributed by atoms with Crippen LogP contribution in [-0.2, 0) is 4.84 Å². The van der Waals surface area contributed by atoms with Crippen molar-refractivity contribution >= 4 is 51.3 Å². The quantitative estimate of drug-likeness (QED) is 0.649. The van der Waals surface area contributed by atoms with Crippen molar-refractivity contribution < 1.29 is 9.57 Å². The Labute approximate surface area is 173 Å². The maximum atomic E-state index is 6.23. The zero-order valence-electron chi connectivity index (χ0n) is 15.2. The maximum absolute atomic E-state index is 6.23. The van der Waals surface area contributed by atoms with E-state index < -0.39 is 5.66 Å². The molecule has 0 bridgehead atoms. The van der Waals surface area contributed by atoms with E-state index >= 15 is 0 Å². The first-order valence-electron chi connectivity index (χ1n) is 8.31. The van der Waals surface area contributed by atoms with Crippen molar-refractivity contribution in [1.29, 1.82) is 0 Å². The molecule has 0 spiro atoms. The molecule has 4 N–H and O–H groups in total. The van der Waals surface area contributed by atoms with Gasteiger partial charge in [-0.2, -0.15) is 10.1 Å². The molecule has 0 fully saturated rings. The number of guanidine groups is 2. The third kappa shape index (κ3) is 4.82. The van der Waals surface area contributed by atoms with Crippen molar-refractivity contribution in [3.63, 3.8) is 0 Å². The van der Waals surface area contributed by atoms with Gasteiger partial charge in [0.2, 0.25) is 11.9 Å². The fourth-order valence-electron chi connectivity index (χ4n) is 2.78. The molecule has 0 unspecified atom stereocenters. The monoisotopic (exact) mass is 455 g/mol. The van der Waals surface area contributed by atoms with Gasteiger partial charge in [0.1, 0.15) is 5.75 Å². The summed E-state index contributed by atoms with van der Waals surface area (Å²) in [5.41, 5.74) is 10.8. The average molecular weight is 457 g/mol. The van der Waals surface area contributed by atoms with Crippen molar-refractivity contribution in [2.24, 2.45) is 21.5 Å². The van der Waals surface area contributed by atoms with Crippen LogP contribution in [0.2, 0.25) is 5.02 Å². The fraction of sp³-hybridized carbons (Fsp3) is 0.333. The first kappa shape index (κ1) is 21.3. The summed E-state index contributed by atoms with van der Waals surface area (Å²) in [4.78, 5) is 13.9. The third-order valence-corrected chi connectivity index (χ3v) is 4.25. The lowest BCUT2D eigenvalue weighted by Crippen LogP contribution is -2.53. The molecule has 3 rings (SSSR count). The molecular formula is C18H23BrClN5O2. The molecule has 0 saturated heterocycles. The third-order valence-electron chi connectivity index (χ3n) is 3.92. The smallest absolute Gasteiger partial charge is 0.226 e. The van der Waals surface area contributed by atoms with Crippen molar-refractivity contribution in [1.82, 2.24) is 5.06 Å². The van der Waals surface area contributed by atoms with Crippen LogP contribution in [-0.4, -0.2) is 35.9 Å². The lowest BCUT2D eigenvalue weighted by atomic mass is 10.1. The van der Waals surface area contributed by atoms with Gasteiger partial charge in [0.05, 0.1) is 13.2 Å². The summed E-state index contributed by atoms with van der Waals surface area (Å²) in [6.07, 6.45) is 0.663. The van der Waals surface area contributed by atoms with Crippen LogP contribution >= 0.6 is 28.6 Å². The van der Waals surface area contributed by atoms with Gasteiger partial charge in [0.25, 0.3) is 0 Å². The average Bonchev–Trinajstić information content (AvgIpc) is 2.58. The molecule has 0 saturated carbocycles. The number of ether oxygens (including phenoxy) is 1. The Kier molecular flexibility index (Phi) is 6.91. The number of fused-ring (bicyclic) bond motifs is 1. The zero-order chi connectivity index (χ0) is 18.7. The molecule has 1 heterocycles. The van der Waals surface area contributed by atoms with E-state index in [1.807, 2.05) is 50.2 Å². The van der Waals surface area contributed by atoms with Crippen LogP contribution in [0, 0.1) is 0 Å². The van der Waals surface area contributed by atoms with Crippen molar-refractivity contribution in [2.45, 2.75) is 25.9 Å².